The summed E-state index contributed by atoms with van der Waals surface area (Å²) in [5, 5.41) is 9.11. The standard InChI is InChI=1S/C14H24FNO4/c1-14(2,3)20-13(19)16-8-5-10(6-9-16)11(4-7-15)12(17)18/h10-11H,4-9H2,1-3H3,(H,17,18). The van der Waals surface area contributed by atoms with E-state index < -0.39 is 24.2 Å². The van der Waals surface area contributed by atoms with E-state index in [9.17, 15) is 14.0 Å². The van der Waals surface area contributed by atoms with Gasteiger partial charge in [-0.1, -0.05) is 0 Å². The lowest BCUT2D eigenvalue weighted by molar-refractivity contribution is -0.144. The van der Waals surface area contributed by atoms with Crippen molar-refractivity contribution >= 4 is 12.1 Å². The van der Waals surface area contributed by atoms with Gasteiger partial charge in [0.15, 0.2) is 0 Å². The maximum Gasteiger partial charge on any atom is 0.410 e. The number of nitrogens with zero attached hydrogens (tertiary/aromatic N) is 1. The Labute approximate surface area is 119 Å². The summed E-state index contributed by atoms with van der Waals surface area (Å²) >= 11 is 0. The van der Waals surface area contributed by atoms with Crippen LogP contribution in [0.2, 0.25) is 0 Å². The molecular weight excluding hydrogens is 265 g/mol. The molecule has 1 saturated heterocycles. The topological polar surface area (TPSA) is 66.8 Å². The molecule has 1 fully saturated rings. The van der Waals surface area contributed by atoms with Gasteiger partial charge in [-0.15, -0.1) is 0 Å². The predicted octanol–water partition coefficient (Wildman–Crippen LogP) is 2.69. The Morgan fingerprint density at radius 3 is 2.30 bits per heavy atom. The number of amides is 1. The van der Waals surface area contributed by atoms with Crippen LogP contribution < -0.4 is 0 Å². The first-order chi connectivity index (χ1) is 9.24. The molecule has 0 aromatic rings. The van der Waals surface area contributed by atoms with Gasteiger partial charge in [0.25, 0.3) is 0 Å². The summed E-state index contributed by atoms with van der Waals surface area (Å²) in [4.78, 5) is 24.6. The van der Waals surface area contributed by atoms with Gasteiger partial charge in [-0.2, -0.15) is 0 Å². The zero-order chi connectivity index (χ0) is 15.3. The van der Waals surface area contributed by atoms with Gasteiger partial charge in [0.1, 0.15) is 5.60 Å². The third kappa shape index (κ3) is 4.98. The molecule has 1 unspecified atom stereocenters. The van der Waals surface area contributed by atoms with E-state index in [1.54, 1.807) is 25.7 Å². The minimum atomic E-state index is -0.946. The van der Waals surface area contributed by atoms with Crippen LogP contribution in [0, 0.1) is 11.8 Å². The number of carboxylic acid groups (broad SMARTS) is 1. The smallest absolute Gasteiger partial charge is 0.410 e. The number of carbonyl (C=O) groups is 2. The first-order valence-electron chi connectivity index (χ1n) is 7.01. The highest BCUT2D eigenvalue weighted by Crippen LogP contribution is 2.28. The number of likely N-dealkylation sites (tertiary alicyclic amines) is 1. The molecule has 1 heterocycles. The quantitative estimate of drug-likeness (QED) is 0.864. The summed E-state index contributed by atoms with van der Waals surface area (Å²) in [7, 11) is 0. The number of hydrogen-bond donors (Lipinski definition) is 1. The Balaban J connectivity index is 2.50. The van der Waals surface area contributed by atoms with Crippen molar-refractivity contribution in [2.24, 2.45) is 11.8 Å². The van der Waals surface area contributed by atoms with E-state index in [-0.39, 0.29) is 18.4 Å². The number of hydrogen-bond acceptors (Lipinski definition) is 3. The predicted molar refractivity (Wildman–Crippen MR) is 72.2 cm³/mol. The van der Waals surface area contributed by atoms with Gasteiger partial charge < -0.3 is 14.7 Å². The molecule has 0 radical (unpaired) electrons. The molecule has 5 nitrogen and oxygen atoms in total. The zero-order valence-corrected chi connectivity index (χ0v) is 12.4. The third-order valence-electron chi connectivity index (χ3n) is 3.50. The van der Waals surface area contributed by atoms with Crippen molar-refractivity contribution < 1.29 is 23.8 Å². The molecule has 0 aromatic heterocycles. The highest BCUT2D eigenvalue weighted by atomic mass is 19.1. The first-order valence-corrected chi connectivity index (χ1v) is 7.01. The fourth-order valence-corrected chi connectivity index (χ4v) is 2.49. The average Bonchev–Trinajstić information content (AvgIpc) is 2.33. The number of rotatable bonds is 4. The molecule has 1 amide bonds. The van der Waals surface area contributed by atoms with Crippen LogP contribution in [-0.4, -0.2) is 47.4 Å². The van der Waals surface area contributed by atoms with Gasteiger partial charge in [-0.25, -0.2) is 4.79 Å². The molecule has 1 aliphatic rings. The maximum atomic E-state index is 12.4. The fourth-order valence-electron chi connectivity index (χ4n) is 2.49. The fraction of sp³-hybridized carbons (Fsp3) is 0.857. The van der Waals surface area contributed by atoms with E-state index in [4.69, 9.17) is 9.84 Å². The first kappa shape index (κ1) is 16.7. The van der Waals surface area contributed by atoms with E-state index in [1.807, 2.05) is 0 Å². The Morgan fingerprint density at radius 1 is 1.35 bits per heavy atom. The van der Waals surface area contributed by atoms with Gasteiger partial charge >= 0.3 is 12.1 Å². The Bertz CT molecular complexity index is 346. The zero-order valence-electron chi connectivity index (χ0n) is 12.4. The van der Waals surface area contributed by atoms with Crippen molar-refractivity contribution in [3.8, 4) is 0 Å². The molecule has 0 aromatic carbocycles. The van der Waals surface area contributed by atoms with Crippen LogP contribution in [0.5, 0.6) is 0 Å². The number of ether oxygens (including phenoxy) is 1. The van der Waals surface area contributed by atoms with Crippen LogP contribution in [0.4, 0.5) is 9.18 Å². The molecule has 0 aliphatic carbocycles. The van der Waals surface area contributed by atoms with E-state index in [2.05, 4.69) is 0 Å². The minimum absolute atomic E-state index is 0.0481. The summed E-state index contributed by atoms with van der Waals surface area (Å²) < 4.78 is 17.7. The van der Waals surface area contributed by atoms with Gasteiger partial charge in [-0.05, 0) is 46.0 Å². The second-order valence-electron chi connectivity index (χ2n) is 6.23. The Morgan fingerprint density at radius 2 is 1.90 bits per heavy atom. The summed E-state index contributed by atoms with van der Waals surface area (Å²) in [6.45, 7) is 5.73. The van der Waals surface area contributed by atoms with Crippen molar-refractivity contribution in [1.82, 2.24) is 4.90 Å². The number of carboxylic acids is 1. The summed E-state index contributed by atoms with van der Waals surface area (Å²) in [6.07, 6.45) is 0.840. The van der Waals surface area contributed by atoms with E-state index in [0.29, 0.717) is 25.9 Å². The van der Waals surface area contributed by atoms with Crippen molar-refractivity contribution in [2.75, 3.05) is 19.8 Å². The molecular formula is C14H24FNO4. The Hall–Kier alpha value is -1.33. The van der Waals surface area contributed by atoms with Crippen LogP contribution in [0.25, 0.3) is 0 Å². The number of halogens is 1. The molecule has 1 aliphatic heterocycles. The van der Waals surface area contributed by atoms with E-state index in [0.717, 1.165) is 0 Å². The third-order valence-corrected chi connectivity index (χ3v) is 3.50. The SMILES string of the molecule is CC(C)(C)OC(=O)N1CCC(C(CCF)C(=O)O)CC1. The molecule has 6 heteroatoms. The number of aliphatic carboxylic acids is 1. The lowest BCUT2D eigenvalue weighted by Gasteiger charge is -2.35. The second kappa shape index (κ2) is 6.90. The molecule has 0 bridgehead atoms. The lowest BCUT2D eigenvalue weighted by Crippen LogP contribution is -2.43. The van der Waals surface area contributed by atoms with Crippen molar-refractivity contribution in [2.45, 2.75) is 45.6 Å². The van der Waals surface area contributed by atoms with Gasteiger partial charge in [0.05, 0.1) is 12.6 Å². The van der Waals surface area contributed by atoms with E-state index in [1.165, 1.54) is 0 Å². The molecule has 0 saturated carbocycles. The molecule has 1 rings (SSSR count). The number of alkyl halides is 1. The summed E-state index contributed by atoms with van der Waals surface area (Å²) in [6, 6.07) is 0. The molecule has 1 atom stereocenters. The second-order valence-corrected chi connectivity index (χ2v) is 6.23. The van der Waals surface area contributed by atoms with Gasteiger partial charge in [0.2, 0.25) is 0 Å². The van der Waals surface area contributed by atoms with Crippen molar-refractivity contribution in [1.29, 1.82) is 0 Å². The molecule has 20 heavy (non-hydrogen) atoms. The van der Waals surface area contributed by atoms with Gasteiger partial charge in [-0.3, -0.25) is 9.18 Å². The maximum absolute atomic E-state index is 12.4. The lowest BCUT2D eigenvalue weighted by atomic mass is 9.82. The van der Waals surface area contributed by atoms with Crippen molar-refractivity contribution in [3.63, 3.8) is 0 Å². The van der Waals surface area contributed by atoms with Crippen LogP contribution in [0.1, 0.15) is 40.0 Å². The molecule has 116 valence electrons. The highest BCUT2D eigenvalue weighted by Gasteiger charge is 2.33. The normalized spacial score (nSPS) is 18.7. The number of carbonyl (C=O) groups excluding carboxylic acids is 1. The highest BCUT2D eigenvalue weighted by molar-refractivity contribution is 5.71. The van der Waals surface area contributed by atoms with Gasteiger partial charge in [0, 0.05) is 13.1 Å². The van der Waals surface area contributed by atoms with Crippen molar-refractivity contribution in [3.05, 3.63) is 0 Å². The monoisotopic (exact) mass is 289 g/mol. The molecule has 1 N–H and O–H groups in total. The minimum Gasteiger partial charge on any atom is -0.481 e. The Kier molecular flexibility index (Phi) is 5.77. The number of piperidine rings is 1. The largest absolute Gasteiger partial charge is 0.481 e. The van der Waals surface area contributed by atoms with Crippen LogP contribution in [0.3, 0.4) is 0 Å². The van der Waals surface area contributed by atoms with Crippen LogP contribution in [-0.2, 0) is 9.53 Å². The van der Waals surface area contributed by atoms with Crippen LogP contribution in [0.15, 0.2) is 0 Å². The van der Waals surface area contributed by atoms with E-state index >= 15 is 0 Å². The average molecular weight is 289 g/mol. The molecule has 0 spiro atoms. The summed E-state index contributed by atoms with van der Waals surface area (Å²) in [5.41, 5.74) is -0.536. The van der Waals surface area contributed by atoms with Crippen LogP contribution >= 0.6 is 0 Å². The summed E-state index contributed by atoms with van der Waals surface area (Å²) in [5.74, 6) is -1.67.